The summed E-state index contributed by atoms with van der Waals surface area (Å²) in [5, 5.41) is 11.8. The number of anilines is 1. The number of benzene rings is 1. The van der Waals surface area contributed by atoms with Gasteiger partial charge in [0.05, 0.1) is 18.5 Å². The van der Waals surface area contributed by atoms with E-state index in [4.69, 9.17) is 10.5 Å². The summed E-state index contributed by atoms with van der Waals surface area (Å²) in [5.41, 5.74) is 7.33. The number of methoxy groups -OCH3 is 1. The largest absolute Gasteiger partial charge is 0.495 e. The molecule has 0 spiro atoms. The summed E-state index contributed by atoms with van der Waals surface area (Å²) in [6.07, 6.45) is 2.32. The van der Waals surface area contributed by atoms with Crippen LogP contribution in [0.1, 0.15) is 24.6 Å². The maximum Gasteiger partial charge on any atom is 0.159 e. The zero-order valence-electron chi connectivity index (χ0n) is 9.50. The Labute approximate surface area is 98.4 Å². The minimum Gasteiger partial charge on any atom is -0.495 e. The fraction of sp³-hybridized carbons (Fsp3) is 0.364. The summed E-state index contributed by atoms with van der Waals surface area (Å²) in [7, 11) is 1.60. The van der Waals surface area contributed by atoms with E-state index in [1.807, 2.05) is 18.2 Å². The molecular weight excluding hydrogens is 218 g/mol. The Bertz CT molecular complexity index is 547. The predicted molar refractivity (Wildman–Crippen MR) is 62.1 cm³/mol. The molecule has 88 valence electrons. The number of rotatable bonds is 3. The first-order chi connectivity index (χ1) is 8.29. The standard InChI is InChI=1S/C11H13N5O/c1-17-10-5-4-8(6-9(10)12)16-11(7-2-3-7)13-14-15-16/h4-7H,2-3,12H2,1H3. The van der Waals surface area contributed by atoms with Crippen LogP contribution in [0.4, 0.5) is 5.69 Å². The van der Waals surface area contributed by atoms with Gasteiger partial charge in [-0.2, -0.15) is 4.68 Å². The number of nitrogen functional groups attached to an aromatic ring is 1. The van der Waals surface area contributed by atoms with E-state index in [0.29, 0.717) is 17.4 Å². The third-order valence-corrected chi connectivity index (χ3v) is 2.89. The number of nitrogens with zero attached hydrogens (tertiary/aromatic N) is 4. The fourth-order valence-corrected chi connectivity index (χ4v) is 1.83. The van der Waals surface area contributed by atoms with Crippen LogP contribution in [-0.4, -0.2) is 27.3 Å². The zero-order valence-corrected chi connectivity index (χ0v) is 9.50. The van der Waals surface area contributed by atoms with Crippen LogP contribution in [0.25, 0.3) is 5.69 Å². The Morgan fingerprint density at radius 2 is 2.24 bits per heavy atom. The molecule has 1 aromatic carbocycles. The average Bonchev–Trinajstić information content (AvgIpc) is 3.07. The number of ether oxygens (including phenoxy) is 1. The summed E-state index contributed by atoms with van der Waals surface area (Å²) >= 11 is 0. The van der Waals surface area contributed by atoms with Crippen LogP contribution in [0.5, 0.6) is 5.75 Å². The van der Waals surface area contributed by atoms with Crippen molar-refractivity contribution in [2.45, 2.75) is 18.8 Å². The highest BCUT2D eigenvalue weighted by atomic mass is 16.5. The van der Waals surface area contributed by atoms with Crippen molar-refractivity contribution in [3.05, 3.63) is 24.0 Å². The third kappa shape index (κ3) is 1.71. The number of aromatic nitrogens is 4. The quantitative estimate of drug-likeness (QED) is 0.801. The average molecular weight is 231 g/mol. The van der Waals surface area contributed by atoms with E-state index < -0.39 is 0 Å². The SMILES string of the molecule is COc1ccc(-n2nnnc2C2CC2)cc1N. The first kappa shape index (κ1) is 10.1. The van der Waals surface area contributed by atoms with Gasteiger partial charge < -0.3 is 10.5 Å². The molecule has 17 heavy (non-hydrogen) atoms. The Balaban J connectivity index is 2.02. The van der Waals surface area contributed by atoms with Gasteiger partial charge >= 0.3 is 0 Å². The van der Waals surface area contributed by atoms with Crippen molar-refractivity contribution in [3.8, 4) is 11.4 Å². The molecule has 6 heteroatoms. The highest BCUT2D eigenvalue weighted by Crippen LogP contribution is 2.39. The molecule has 3 rings (SSSR count). The van der Waals surface area contributed by atoms with Crippen LogP contribution in [0.3, 0.4) is 0 Å². The predicted octanol–water partition coefficient (Wildman–Crippen LogP) is 1.13. The van der Waals surface area contributed by atoms with E-state index in [9.17, 15) is 0 Å². The van der Waals surface area contributed by atoms with Crippen molar-refractivity contribution in [1.29, 1.82) is 0 Å². The van der Waals surface area contributed by atoms with Crippen molar-refractivity contribution in [1.82, 2.24) is 20.2 Å². The van der Waals surface area contributed by atoms with Gasteiger partial charge in [-0.25, -0.2) is 0 Å². The summed E-state index contributed by atoms with van der Waals surface area (Å²) in [6, 6.07) is 5.54. The van der Waals surface area contributed by atoms with Gasteiger partial charge in [0, 0.05) is 5.92 Å². The molecule has 0 aliphatic heterocycles. The Hall–Kier alpha value is -2.11. The minimum atomic E-state index is 0.494. The molecular formula is C11H13N5O. The summed E-state index contributed by atoms with van der Waals surface area (Å²) in [6.45, 7) is 0. The van der Waals surface area contributed by atoms with Crippen molar-refractivity contribution >= 4 is 5.69 Å². The van der Waals surface area contributed by atoms with Gasteiger partial charge in [-0.3, -0.25) is 0 Å². The second-order valence-electron chi connectivity index (χ2n) is 4.15. The van der Waals surface area contributed by atoms with Gasteiger partial charge in [0.15, 0.2) is 5.82 Å². The van der Waals surface area contributed by atoms with E-state index in [0.717, 1.165) is 24.4 Å². The maximum absolute atomic E-state index is 5.87. The number of hydrogen-bond acceptors (Lipinski definition) is 5. The molecule has 1 fully saturated rings. The topological polar surface area (TPSA) is 78.8 Å². The van der Waals surface area contributed by atoms with Crippen molar-refractivity contribution in [3.63, 3.8) is 0 Å². The number of hydrogen-bond donors (Lipinski definition) is 1. The Morgan fingerprint density at radius 1 is 1.41 bits per heavy atom. The lowest BCUT2D eigenvalue weighted by Gasteiger charge is -2.07. The van der Waals surface area contributed by atoms with Crippen LogP contribution < -0.4 is 10.5 Å². The van der Waals surface area contributed by atoms with Gasteiger partial charge in [-0.15, -0.1) is 5.10 Å². The fourth-order valence-electron chi connectivity index (χ4n) is 1.83. The molecule has 0 amide bonds. The summed E-state index contributed by atoms with van der Waals surface area (Å²) < 4.78 is 6.86. The van der Waals surface area contributed by atoms with Gasteiger partial charge in [-0.05, 0) is 41.5 Å². The molecule has 1 aliphatic rings. The van der Waals surface area contributed by atoms with Gasteiger partial charge in [0.2, 0.25) is 0 Å². The Kier molecular flexibility index (Phi) is 2.21. The van der Waals surface area contributed by atoms with Crippen molar-refractivity contribution in [2.24, 2.45) is 0 Å². The van der Waals surface area contributed by atoms with Gasteiger partial charge in [0.1, 0.15) is 5.75 Å². The van der Waals surface area contributed by atoms with Crippen LogP contribution in [-0.2, 0) is 0 Å². The smallest absolute Gasteiger partial charge is 0.159 e. The molecule has 2 N–H and O–H groups in total. The minimum absolute atomic E-state index is 0.494. The molecule has 0 bridgehead atoms. The first-order valence-electron chi connectivity index (χ1n) is 5.52. The molecule has 0 saturated heterocycles. The lowest BCUT2D eigenvalue weighted by Crippen LogP contribution is -2.03. The zero-order chi connectivity index (χ0) is 11.8. The third-order valence-electron chi connectivity index (χ3n) is 2.89. The summed E-state index contributed by atoms with van der Waals surface area (Å²) in [4.78, 5) is 0. The molecule has 1 saturated carbocycles. The van der Waals surface area contributed by atoms with E-state index in [2.05, 4.69) is 15.5 Å². The van der Waals surface area contributed by atoms with E-state index in [1.54, 1.807) is 11.8 Å². The van der Waals surface area contributed by atoms with E-state index >= 15 is 0 Å². The van der Waals surface area contributed by atoms with Crippen molar-refractivity contribution < 1.29 is 4.74 Å². The van der Waals surface area contributed by atoms with Crippen LogP contribution in [0, 0.1) is 0 Å². The van der Waals surface area contributed by atoms with E-state index in [1.165, 1.54) is 0 Å². The van der Waals surface area contributed by atoms with Crippen LogP contribution in [0.2, 0.25) is 0 Å². The second-order valence-corrected chi connectivity index (χ2v) is 4.15. The second kappa shape index (κ2) is 3.73. The maximum atomic E-state index is 5.87. The molecule has 6 nitrogen and oxygen atoms in total. The molecule has 0 unspecified atom stereocenters. The highest BCUT2D eigenvalue weighted by Gasteiger charge is 2.30. The molecule has 1 heterocycles. The summed E-state index contributed by atoms with van der Waals surface area (Å²) in [5.74, 6) is 2.07. The monoisotopic (exact) mass is 231 g/mol. The molecule has 0 atom stereocenters. The first-order valence-corrected chi connectivity index (χ1v) is 5.52. The van der Waals surface area contributed by atoms with E-state index in [-0.39, 0.29) is 0 Å². The highest BCUT2D eigenvalue weighted by molar-refractivity contribution is 5.58. The molecule has 0 radical (unpaired) electrons. The number of nitrogens with two attached hydrogens (primary N) is 1. The molecule has 1 aliphatic carbocycles. The van der Waals surface area contributed by atoms with Gasteiger partial charge in [0.25, 0.3) is 0 Å². The normalized spacial score (nSPS) is 14.9. The lowest BCUT2D eigenvalue weighted by molar-refractivity contribution is 0.417. The number of tetrazole rings is 1. The molecule has 2 aromatic rings. The lowest BCUT2D eigenvalue weighted by atomic mass is 10.2. The van der Waals surface area contributed by atoms with Crippen molar-refractivity contribution in [2.75, 3.05) is 12.8 Å². The Morgan fingerprint density at radius 3 is 2.88 bits per heavy atom. The molecule has 1 aromatic heterocycles. The van der Waals surface area contributed by atoms with Gasteiger partial charge in [-0.1, -0.05) is 0 Å². The van der Waals surface area contributed by atoms with Crippen LogP contribution >= 0.6 is 0 Å². The van der Waals surface area contributed by atoms with Crippen LogP contribution in [0.15, 0.2) is 18.2 Å².